The van der Waals surface area contributed by atoms with Crippen LogP contribution in [0.25, 0.3) is 5.70 Å². The zero-order chi connectivity index (χ0) is 20.3. The number of benzene rings is 2. The maximum absolute atomic E-state index is 13.0. The smallest absolute Gasteiger partial charge is 0.338 e. The van der Waals surface area contributed by atoms with Crippen LogP contribution in [-0.2, 0) is 9.53 Å². The highest BCUT2D eigenvalue weighted by Crippen LogP contribution is 2.35. The molecule has 1 aliphatic rings. The summed E-state index contributed by atoms with van der Waals surface area (Å²) in [5, 5.41) is 5.96. The number of urea groups is 1. The van der Waals surface area contributed by atoms with Gasteiger partial charge in [-0.05, 0) is 55.3 Å². The van der Waals surface area contributed by atoms with Crippen LogP contribution < -0.4 is 15.4 Å². The van der Waals surface area contributed by atoms with E-state index in [-0.39, 0.29) is 11.7 Å². The fourth-order valence-corrected chi connectivity index (χ4v) is 3.23. The Kier molecular flexibility index (Phi) is 5.90. The average Bonchev–Trinajstić information content (AvgIpc) is 2.67. The van der Waals surface area contributed by atoms with Gasteiger partial charge in [-0.15, -0.1) is 0 Å². The molecule has 0 spiro atoms. The number of amides is 2. The Labute approximate surface area is 168 Å². The lowest BCUT2D eigenvalue weighted by molar-refractivity contribution is -0.143. The first-order valence-electron chi connectivity index (χ1n) is 8.82. The number of hydrogen-bond acceptors (Lipinski definition) is 4. The van der Waals surface area contributed by atoms with Gasteiger partial charge >= 0.3 is 12.0 Å². The van der Waals surface area contributed by atoms with Gasteiger partial charge in [0.15, 0.2) is 0 Å². The number of carbonyl (C=O) groups is 2. The van der Waals surface area contributed by atoms with Crippen molar-refractivity contribution in [2.24, 2.45) is 0 Å². The minimum atomic E-state index is -0.745. The molecule has 2 aromatic carbocycles. The Bertz CT molecular complexity index is 922. The summed E-state index contributed by atoms with van der Waals surface area (Å²) < 4.78 is 10.6. The van der Waals surface area contributed by atoms with Crippen LogP contribution in [-0.4, -0.2) is 25.2 Å². The lowest BCUT2D eigenvalue weighted by Gasteiger charge is -2.30. The van der Waals surface area contributed by atoms with Crippen LogP contribution in [0.15, 0.2) is 54.1 Å². The van der Waals surface area contributed by atoms with Gasteiger partial charge in [-0.3, -0.25) is 0 Å². The summed E-state index contributed by atoms with van der Waals surface area (Å²) in [4.78, 5) is 25.4. The topological polar surface area (TPSA) is 76.7 Å². The molecule has 2 amide bonds. The van der Waals surface area contributed by atoms with Crippen LogP contribution in [0.4, 0.5) is 4.79 Å². The lowest BCUT2D eigenvalue weighted by atomic mass is 9.92. The number of ether oxygens (including phenoxy) is 2. The number of carbonyl (C=O) groups excluding carboxylic acids is 2. The minimum absolute atomic E-state index is 0.284. The molecule has 1 aliphatic heterocycles. The number of rotatable bonds is 5. The first-order chi connectivity index (χ1) is 13.4. The highest BCUT2D eigenvalue weighted by molar-refractivity contribution is 6.31. The maximum atomic E-state index is 13.0. The van der Waals surface area contributed by atoms with Crippen molar-refractivity contribution in [1.29, 1.82) is 0 Å². The fourth-order valence-electron chi connectivity index (χ4n) is 2.99. The summed E-state index contributed by atoms with van der Waals surface area (Å²) in [6, 6.07) is 12.9. The van der Waals surface area contributed by atoms with Gasteiger partial charge in [0, 0.05) is 5.02 Å². The SMILES string of the molecule is COc1ccc(C2=C(C(=O)OC(C)C)C(c3ccccc3Cl)NC(=O)N2)cc1. The Morgan fingerprint density at radius 3 is 2.39 bits per heavy atom. The van der Waals surface area contributed by atoms with Crippen LogP contribution >= 0.6 is 11.6 Å². The third-order valence-corrected chi connectivity index (χ3v) is 4.57. The van der Waals surface area contributed by atoms with Gasteiger partial charge in [0.05, 0.1) is 30.5 Å². The second-order valence-electron chi connectivity index (χ2n) is 6.52. The largest absolute Gasteiger partial charge is 0.497 e. The van der Waals surface area contributed by atoms with E-state index in [9.17, 15) is 9.59 Å². The van der Waals surface area contributed by atoms with Gasteiger partial charge in [0.25, 0.3) is 0 Å². The highest BCUT2D eigenvalue weighted by atomic mass is 35.5. The van der Waals surface area contributed by atoms with Crippen molar-refractivity contribution in [3.63, 3.8) is 0 Å². The van der Waals surface area contributed by atoms with E-state index >= 15 is 0 Å². The van der Waals surface area contributed by atoms with Crippen molar-refractivity contribution in [2.75, 3.05) is 7.11 Å². The molecule has 28 heavy (non-hydrogen) atoms. The van der Waals surface area contributed by atoms with Crippen LogP contribution in [0.1, 0.15) is 31.0 Å². The molecule has 3 rings (SSSR count). The first-order valence-corrected chi connectivity index (χ1v) is 9.20. The zero-order valence-electron chi connectivity index (χ0n) is 15.8. The third kappa shape index (κ3) is 4.12. The molecule has 0 aliphatic carbocycles. The summed E-state index contributed by atoms with van der Waals surface area (Å²) in [6.45, 7) is 3.54. The molecule has 7 heteroatoms. The van der Waals surface area contributed by atoms with Crippen LogP contribution in [0, 0.1) is 0 Å². The Morgan fingerprint density at radius 2 is 1.79 bits per heavy atom. The van der Waals surface area contributed by atoms with E-state index in [1.165, 1.54) is 0 Å². The van der Waals surface area contributed by atoms with Gasteiger partial charge in [0.2, 0.25) is 0 Å². The molecular weight excluding hydrogens is 380 g/mol. The molecule has 0 fully saturated rings. The molecular formula is C21H21ClN2O4. The molecule has 0 saturated heterocycles. The maximum Gasteiger partial charge on any atom is 0.338 e. The summed E-state index contributed by atoms with van der Waals surface area (Å²) in [6.07, 6.45) is -0.318. The van der Waals surface area contributed by atoms with Crippen molar-refractivity contribution in [1.82, 2.24) is 10.6 Å². The van der Waals surface area contributed by atoms with Crippen LogP contribution in [0.3, 0.4) is 0 Å². The van der Waals surface area contributed by atoms with Gasteiger partial charge in [0.1, 0.15) is 5.75 Å². The summed E-state index contributed by atoms with van der Waals surface area (Å²) in [5.74, 6) is 0.136. The number of nitrogens with one attached hydrogen (secondary N) is 2. The number of methoxy groups -OCH3 is 1. The quantitative estimate of drug-likeness (QED) is 0.742. The Morgan fingerprint density at radius 1 is 1.11 bits per heavy atom. The average molecular weight is 401 g/mol. The van der Waals surface area contributed by atoms with E-state index in [0.29, 0.717) is 27.6 Å². The van der Waals surface area contributed by atoms with Crippen molar-refractivity contribution in [2.45, 2.75) is 26.0 Å². The monoisotopic (exact) mass is 400 g/mol. The van der Waals surface area contributed by atoms with Crippen LogP contribution in [0.5, 0.6) is 5.75 Å². The van der Waals surface area contributed by atoms with Crippen molar-refractivity contribution >= 4 is 29.3 Å². The molecule has 0 saturated carbocycles. The van der Waals surface area contributed by atoms with Crippen LogP contribution in [0.2, 0.25) is 5.02 Å². The number of hydrogen-bond donors (Lipinski definition) is 2. The standard InChI is InChI=1S/C21H21ClN2O4/c1-12(2)28-20(25)17-18(13-8-10-14(27-3)11-9-13)23-21(26)24-19(17)15-6-4-5-7-16(15)22/h4-12,19H,1-3H3,(H2,23,24,26). The molecule has 2 aromatic rings. The van der Waals surface area contributed by atoms with E-state index in [1.54, 1.807) is 69.5 Å². The van der Waals surface area contributed by atoms with Crippen molar-refractivity contribution in [3.05, 3.63) is 70.3 Å². The molecule has 0 aromatic heterocycles. The van der Waals surface area contributed by atoms with Gasteiger partial charge in [-0.1, -0.05) is 29.8 Å². The predicted octanol–water partition coefficient (Wildman–Crippen LogP) is 4.07. The van der Waals surface area contributed by atoms with E-state index in [2.05, 4.69) is 10.6 Å². The third-order valence-electron chi connectivity index (χ3n) is 4.23. The summed E-state index contributed by atoms with van der Waals surface area (Å²) in [5.41, 5.74) is 1.93. The number of halogens is 1. The predicted molar refractivity (Wildman–Crippen MR) is 107 cm³/mol. The van der Waals surface area contributed by atoms with Crippen molar-refractivity contribution < 1.29 is 19.1 Å². The highest BCUT2D eigenvalue weighted by Gasteiger charge is 2.35. The Balaban J connectivity index is 2.18. The molecule has 1 atom stereocenters. The van der Waals surface area contributed by atoms with E-state index in [1.807, 2.05) is 0 Å². The number of esters is 1. The first kappa shape index (κ1) is 19.8. The molecule has 0 bridgehead atoms. The summed E-state index contributed by atoms with van der Waals surface area (Å²) >= 11 is 6.35. The lowest BCUT2D eigenvalue weighted by Crippen LogP contribution is -2.45. The van der Waals surface area contributed by atoms with E-state index in [0.717, 1.165) is 0 Å². The molecule has 1 unspecified atom stereocenters. The Hall–Kier alpha value is -2.99. The molecule has 6 nitrogen and oxygen atoms in total. The second-order valence-corrected chi connectivity index (χ2v) is 6.93. The second kappa shape index (κ2) is 8.35. The fraction of sp³-hybridized carbons (Fsp3) is 0.238. The summed E-state index contributed by atoms with van der Waals surface area (Å²) in [7, 11) is 1.57. The van der Waals surface area contributed by atoms with E-state index in [4.69, 9.17) is 21.1 Å². The molecule has 0 radical (unpaired) electrons. The minimum Gasteiger partial charge on any atom is -0.497 e. The normalized spacial score (nSPS) is 16.5. The van der Waals surface area contributed by atoms with Gasteiger partial charge < -0.3 is 20.1 Å². The zero-order valence-corrected chi connectivity index (χ0v) is 16.5. The van der Waals surface area contributed by atoms with Gasteiger partial charge in [-0.25, -0.2) is 9.59 Å². The van der Waals surface area contributed by atoms with Gasteiger partial charge in [-0.2, -0.15) is 0 Å². The molecule has 1 heterocycles. The molecule has 146 valence electrons. The van der Waals surface area contributed by atoms with E-state index < -0.39 is 18.0 Å². The van der Waals surface area contributed by atoms with Crippen molar-refractivity contribution in [3.8, 4) is 5.75 Å². The molecule has 2 N–H and O–H groups in total.